The van der Waals surface area contributed by atoms with Gasteiger partial charge in [0, 0.05) is 17.3 Å². The highest BCUT2D eigenvalue weighted by atomic mass is 32.2. The van der Waals surface area contributed by atoms with Gasteiger partial charge in [-0.25, -0.2) is 4.90 Å². The highest BCUT2D eigenvalue weighted by molar-refractivity contribution is 7.98. The monoisotopic (exact) mass is 435 g/mol. The van der Waals surface area contributed by atoms with E-state index in [2.05, 4.69) is 10.6 Å². The molecule has 2 N–H and O–H groups in total. The quantitative estimate of drug-likeness (QED) is 0.722. The molecule has 0 aliphatic carbocycles. The van der Waals surface area contributed by atoms with Crippen LogP contribution in [-0.2, 0) is 19.9 Å². The second-order valence-electron chi connectivity index (χ2n) is 8.65. The number of carbonyl (C=O) groups is 3. The Morgan fingerprint density at radius 1 is 1.06 bits per heavy atom. The number of para-hydroxylation sites is 1. The zero-order valence-corrected chi connectivity index (χ0v) is 18.6. The minimum absolute atomic E-state index is 0.213. The first-order valence-electron chi connectivity index (χ1n) is 10.5. The normalized spacial score (nSPS) is 28.9. The summed E-state index contributed by atoms with van der Waals surface area (Å²) in [5.41, 5.74) is 2.80. The van der Waals surface area contributed by atoms with Crippen molar-refractivity contribution in [2.24, 2.45) is 11.8 Å². The van der Waals surface area contributed by atoms with Crippen LogP contribution in [0.4, 0.5) is 11.4 Å². The molecular weight excluding hydrogens is 410 g/mol. The van der Waals surface area contributed by atoms with Gasteiger partial charge in [0.2, 0.25) is 17.7 Å². The van der Waals surface area contributed by atoms with Crippen LogP contribution in [0.2, 0.25) is 0 Å². The summed E-state index contributed by atoms with van der Waals surface area (Å²) in [6.45, 7) is 3.89. The molecule has 6 nitrogen and oxygen atoms in total. The zero-order chi connectivity index (χ0) is 21.9. The molecule has 0 unspecified atom stereocenters. The molecule has 3 aliphatic rings. The average molecular weight is 436 g/mol. The highest BCUT2D eigenvalue weighted by Crippen LogP contribution is 2.54. The van der Waals surface area contributed by atoms with Crippen LogP contribution in [0.15, 0.2) is 42.5 Å². The fourth-order valence-electron chi connectivity index (χ4n) is 5.55. The van der Waals surface area contributed by atoms with E-state index in [4.69, 9.17) is 0 Å². The lowest BCUT2D eigenvalue weighted by atomic mass is 9.76. The van der Waals surface area contributed by atoms with E-state index in [1.807, 2.05) is 62.6 Å². The van der Waals surface area contributed by atoms with E-state index in [9.17, 15) is 14.4 Å². The smallest absolute Gasteiger partial charge is 0.250 e. The Kier molecular flexibility index (Phi) is 4.71. The third kappa shape index (κ3) is 2.72. The van der Waals surface area contributed by atoms with E-state index >= 15 is 0 Å². The molecule has 3 heterocycles. The Morgan fingerprint density at radius 3 is 2.58 bits per heavy atom. The first kappa shape index (κ1) is 20.3. The molecule has 31 heavy (non-hydrogen) atoms. The van der Waals surface area contributed by atoms with Crippen LogP contribution in [0.5, 0.6) is 0 Å². The number of carbonyl (C=O) groups excluding carboxylic acids is 3. The predicted octanol–water partition coefficient (Wildman–Crippen LogP) is 2.98. The van der Waals surface area contributed by atoms with Crippen molar-refractivity contribution in [3.63, 3.8) is 0 Å². The van der Waals surface area contributed by atoms with Gasteiger partial charge in [-0.05, 0) is 50.0 Å². The number of anilines is 2. The van der Waals surface area contributed by atoms with Gasteiger partial charge in [0.05, 0.1) is 17.5 Å². The van der Waals surface area contributed by atoms with Crippen molar-refractivity contribution in [3.05, 3.63) is 59.2 Å². The molecule has 3 amide bonds. The maximum Gasteiger partial charge on any atom is 0.250 e. The number of rotatable bonds is 4. The molecule has 160 valence electrons. The molecule has 4 atom stereocenters. The zero-order valence-electron chi connectivity index (χ0n) is 17.8. The molecule has 2 aromatic carbocycles. The minimum Gasteiger partial charge on any atom is -0.324 e. The second kappa shape index (κ2) is 7.21. The third-order valence-corrected chi connectivity index (χ3v) is 7.49. The molecule has 2 fully saturated rings. The topological polar surface area (TPSA) is 78.5 Å². The molecule has 7 heteroatoms. The first-order valence-corrected chi connectivity index (χ1v) is 11.9. The third-order valence-electron chi connectivity index (χ3n) is 6.85. The number of thioether (sulfide) groups is 1. The fourth-order valence-corrected chi connectivity index (χ4v) is 6.04. The lowest BCUT2D eigenvalue weighted by Gasteiger charge is -2.30. The molecule has 2 aromatic rings. The van der Waals surface area contributed by atoms with Gasteiger partial charge in [-0.1, -0.05) is 35.9 Å². The van der Waals surface area contributed by atoms with Crippen LogP contribution in [0, 0.1) is 25.7 Å². The maximum absolute atomic E-state index is 13.9. The van der Waals surface area contributed by atoms with Crippen LogP contribution < -0.4 is 15.5 Å². The van der Waals surface area contributed by atoms with E-state index in [1.165, 1.54) is 4.90 Å². The molecule has 3 aliphatic heterocycles. The molecule has 5 rings (SSSR count). The van der Waals surface area contributed by atoms with E-state index < -0.39 is 17.4 Å². The molecule has 0 saturated carbocycles. The van der Waals surface area contributed by atoms with E-state index in [-0.39, 0.29) is 23.8 Å². The summed E-state index contributed by atoms with van der Waals surface area (Å²) in [4.78, 5) is 42.2. The largest absolute Gasteiger partial charge is 0.324 e. The van der Waals surface area contributed by atoms with Gasteiger partial charge in [0.1, 0.15) is 5.54 Å². The molecule has 0 radical (unpaired) electrons. The van der Waals surface area contributed by atoms with Crippen molar-refractivity contribution < 1.29 is 14.4 Å². The van der Waals surface area contributed by atoms with Gasteiger partial charge in [-0.15, -0.1) is 0 Å². The van der Waals surface area contributed by atoms with Gasteiger partial charge >= 0.3 is 0 Å². The average Bonchev–Trinajstić information content (AvgIpc) is 3.32. The van der Waals surface area contributed by atoms with Crippen molar-refractivity contribution in [1.29, 1.82) is 0 Å². The summed E-state index contributed by atoms with van der Waals surface area (Å²) in [5, 5.41) is 6.41. The maximum atomic E-state index is 13.9. The number of imide groups is 1. The van der Waals surface area contributed by atoms with Gasteiger partial charge in [-0.2, -0.15) is 11.8 Å². The van der Waals surface area contributed by atoms with Gasteiger partial charge in [0.15, 0.2) is 0 Å². The minimum atomic E-state index is -1.22. The Morgan fingerprint density at radius 2 is 1.84 bits per heavy atom. The van der Waals surface area contributed by atoms with Crippen molar-refractivity contribution >= 4 is 40.9 Å². The summed E-state index contributed by atoms with van der Waals surface area (Å²) in [6.07, 6.45) is 2.72. The number of nitrogens with zero attached hydrogens (tertiary/aromatic N) is 1. The van der Waals surface area contributed by atoms with Crippen molar-refractivity contribution in [2.75, 3.05) is 22.2 Å². The van der Waals surface area contributed by atoms with Crippen LogP contribution in [0.3, 0.4) is 0 Å². The van der Waals surface area contributed by atoms with E-state index in [0.29, 0.717) is 17.8 Å². The summed E-state index contributed by atoms with van der Waals surface area (Å²) < 4.78 is 0. The van der Waals surface area contributed by atoms with Gasteiger partial charge in [0.25, 0.3) is 0 Å². The molecule has 1 spiro atoms. The summed E-state index contributed by atoms with van der Waals surface area (Å²) in [7, 11) is 0. The first-order chi connectivity index (χ1) is 14.9. The van der Waals surface area contributed by atoms with E-state index in [0.717, 1.165) is 22.4 Å². The Labute approximate surface area is 185 Å². The number of fused-ring (bicyclic) bond motifs is 4. The van der Waals surface area contributed by atoms with Crippen LogP contribution in [-0.4, -0.2) is 35.8 Å². The van der Waals surface area contributed by atoms with Crippen molar-refractivity contribution in [3.8, 4) is 0 Å². The summed E-state index contributed by atoms with van der Waals surface area (Å²) in [5.74, 6) is -1.26. The second-order valence-corrected chi connectivity index (χ2v) is 9.63. The van der Waals surface area contributed by atoms with Crippen LogP contribution in [0.1, 0.15) is 23.1 Å². The number of nitrogens with one attached hydrogen (secondary N) is 2. The summed E-state index contributed by atoms with van der Waals surface area (Å²) >= 11 is 1.69. The SMILES string of the molecule is CSCC[C@@H]1N[C@]2(C(=O)Nc3ccccc32)[C@@H]2C(=O)N(c3ccc(C)cc3C)C(=O)[C@H]12. The number of benzene rings is 2. The fraction of sp³-hybridized carbons (Fsp3) is 0.375. The van der Waals surface area contributed by atoms with Crippen molar-refractivity contribution in [1.82, 2.24) is 5.32 Å². The summed E-state index contributed by atoms with van der Waals surface area (Å²) in [6, 6.07) is 12.9. The lowest BCUT2D eigenvalue weighted by Crippen LogP contribution is -2.53. The molecule has 2 saturated heterocycles. The number of hydrogen-bond acceptors (Lipinski definition) is 5. The molecule has 0 aromatic heterocycles. The van der Waals surface area contributed by atoms with Crippen LogP contribution in [0.25, 0.3) is 0 Å². The molecular formula is C24H25N3O3S. The Balaban J connectivity index is 1.66. The van der Waals surface area contributed by atoms with Crippen molar-refractivity contribution in [2.45, 2.75) is 31.8 Å². The number of aryl methyl sites for hydroxylation is 2. The molecule has 0 bridgehead atoms. The van der Waals surface area contributed by atoms with Crippen LogP contribution >= 0.6 is 11.8 Å². The van der Waals surface area contributed by atoms with Gasteiger partial charge < -0.3 is 5.32 Å². The number of amides is 3. The standard InChI is InChI=1S/C24H25N3O3S/c1-13-8-9-18(14(2)12-13)27-21(28)19-17(10-11-31-3)26-24(20(19)22(27)29)15-6-4-5-7-16(15)25-23(24)30/h4-9,12,17,19-20,26H,10-11H2,1-3H3,(H,25,30)/t17-,19+,20-,24-/m0/s1. The Hall–Kier alpha value is -2.64. The van der Waals surface area contributed by atoms with E-state index in [1.54, 1.807) is 11.8 Å². The predicted molar refractivity (Wildman–Crippen MR) is 122 cm³/mol. The lowest BCUT2D eigenvalue weighted by molar-refractivity contribution is -0.130. The van der Waals surface area contributed by atoms with Gasteiger partial charge in [-0.3, -0.25) is 19.7 Å². The highest BCUT2D eigenvalue weighted by Gasteiger charge is 2.70. The Bertz CT molecular complexity index is 1120. The number of hydrogen-bond donors (Lipinski definition) is 2.